The van der Waals surface area contributed by atoms with Crippen LogP contribution in [-0.4, -0.2) is 27.7 Å². The third-order valence-corrected chi connectivity index (χ3v) is 6.19. The second kappa shape index (κ2) is 5.77. The molecule has 0 bridgehead atoms. The zero-order chi connectivity index (χ0) is 17.0. The highest BCUT2D eigenvalue weighted by Crippen LogP contribution is 2.57. The Morgan fingerprint density at radius 1 is 1.28 bits per heavy atom. The Labute approximate surface area is 151 Å². The van der Waals surface area contributed by atoms with Crippen molar-refractivity contribution in [2.45, 2.75) is 38.1 Å². The van der Waals surface area contributed by atoms with Crippen LogP contribution in [0.4, 0.5) is 10.5 Å². The largest absolute Gasteiger partial charge is 0.322 e. The van der Waals surface area contributed by atoms with Crippen molar-refractivity contribution in [3.8, 4) is 0 Å². The maximum atomic E-state index is 12.6. The molecular weight excluding hydrogens is 336 g/mol. The van der Waals surface area contributed by atoms with Crippen molar-refractivity contribution in [2.75, 3.05) is 11.9 Å². The van der Waals surface area contributed by atoms with E-state index in [4.69, 9.17) is 11.6 Å². The molecule has 5 nitrogen and oxygen atoms in total. The fourth-order valence-electron chi connectivity index (χ4n) is 4.53. The molecule has 2 heterocycles. The SMILES string of the molecule is O=C(Nc1cccc(Cl)c1)N1CCc2[nH]nc(C3CC4CC4C3)c2C1. The number of carbonyl (C=O) groups excluding carboxylic acids is 1. The summed E-state index contributed by atoms with van der Waals surface area (Å²) in [6.45, 7) is 1.34. The number of nitrogens with zero attached hydrogens (tertiary/aromatic N) is 2. The van der Waals surface area contributed by atoms with Gasteiger partial charge in [0.1, 0.15) is 0 Å². The summed E-state index contributed by atoms with van der Waals surface area (Å²) in [6, 6.07) is 7.19. The highest BCUT2D eigenvalue weighted by molar-refractivity contribution is 6.30. The summed E-state index contributed by atoms with van der Waals surface area (Å²) in [5.74, 6) is 2.45. The topological polar surface area (TPSA) is 61.0 Å². The number of anilines is 1. The van der Waals surface area contributed by atoms with Gasteiger partial charge in [0.05, 0.1) is 12.2 Å². The number of hydrogen-bond acceptors (Lipinski definition) is 2. The van der Waals surface area contributed by atoms with E-state index in [0.717, 1.165) is 23.9 Å². The van der Waals surface area contributed by atoms with E-state index >= 15 is 0 Å². The third kappa shape index (κ3) is 2.80. The van der Waals surface area contributed by atoms with Crippen LogP contribution >= 0.6 is 11.6 Å². The number of benzene rings is 1. The van der Waals surface area contributed by atoms with Gasteiger partial charge in [0.25, 0.3) is 0 Å². The summed E-state index contributed by atoms with van der Waals surface area (Å²) in [5.41, 5.74) is 4.40. The average molecular weight is 357 g/mol. The maximum absolute atomic E-state index is 12.6. The molecule has 2 fully saturated rings. The van der Waals surface area contributed by atoms with E-state index in [1.807, 2.05) is 17.0 Å². The average Bonchev–Trinajstić information content (AvgIpc) is 3.04. The van der Waals surface area contributed by atoms with E-state index in [0.29, 0.717) is 24.0 Å². The van der Waals surface area contributed by atoms with Crippen molar-refractivity contribution < 1.29 is 4.79 Å². The molecule has 25 heavy (non-hydrogen) atoms. The molecule has 2 aromatic rings. The number of carbonyl (C=O) groups is 1. The van der Waals surface area contributed by atoms with E-state index < -0.39 is 0 Å². The van der Waals surface area contributed by atoms with Crippen LogP contribution in [0.2, 0.25) is 5.02 Å². The van der Waals surface area contributed by atoms with Crippen molar-refractivity contribution in [1.29, 1.82) is 0 Å². The molecule has 1 aliphatic heterocycles. The van der Waals surface area contributed by atoms with Crippen molar-refractivity contribution in [3.05, 3.63) is 46.2 Å². The lowest BCUT2D eigenvalue weighted by molar-refractivity contribution is 0.206. The molecule has 2 atom stereocenters. The predicted molar refractivity (Wildman–Crippen MR) is 96.7 cm³/mol. The molecule has 130 valence electrons. The van der Waals surface area contributed by atoms with Crippen molar-refractivity contribution in [3.63, 3.8) is 0 Å². The molecule has 2 unspecified atom stereocenters. The highest BCUT2D eigenvalue weighted by Gasteiger charge is 2.47. The Bertz CT molecular complexity index is 823. The molecule has 5 rings (SSSR count). The minimum absolute atomic E-state index is 0.0747. The van der Waals surface area contributed by atoms with Crippen molar-refractivity contribution in [1.82, 2.24) is 15.1 Å². The zero-order valence-electron chi connectivity index (χ0n) is 14.0. The van der Waals surface area contributed by atoms with Gasteiger partial charge in [-0.05, 0) is 49.3 Å². The highest BCUT2D eigenvalue weighted by atomic mass is 35.5. The van der Waals surface area contributed by atoms with Crippen LogP contribution in [0.25, 0.3) is 0 Å². The number of nitrogens with one attached hydrogen (secondary N) is 2. The standard InChI is InChI=1S/C19H21ClN4O/c20-14-2-1-3-15(9-14)21-19(25)24-5-4-17-16(10-24)18(23-22-17)13-7-11-6-12(11)8-13/h1-3,9,11-13H,4-8,10H2,(H,21,25)(H,22,23). The Balaban J connectivity index is 1.31. The first kappa shape index (κ1) is 15.3. The number of hydrogen-bond donors (Lipinski definition) is 2. The normalized spacial score (nSPS) is 26.9. The van der Waals surface area contributed by atoms with Gasteiger partial charge in [0.2, 0.25) is 0 Å². The number of halogens is 1. The Morgan fingerprint density at radius 2 is 2.12 bits per heavy atom. The van der Waals surface area contributed by atoms with Crippen LogP contribution in [-0.2, 0) is 13.0 Å². The summed E-state index contributed by atoms with van der Waals surface area (Å²) in [6.07, 6.45) is 4.80. The summed E-state index contributed by atoms with van der Waals surface area (Å²) in [4.78, 5) is 14.5. The number of fused-ring (bicyclic) bond motifs is 2. The minimum Gasteiger partial charge on any atom is -0.320 e. The zero-order valence-corrected chi connectivity index (χ0v) is 14.7. The maximum Gasteiger partial charge on any atom is 0.322 e. The lowest BCUT2D eigenvalue weighted by Gasteiger charge is -2.28. The molecule has 2 saturated carbocycles. The quantitative estimate of drug-likeness (QED) is 0.848. The third-order valence-electron chi connectivity index (χ3n) is 5.96. The van der Waals surface area contributed by atoms with Crippen LogP contribution in [0.1, 0.15) is 42.1 Å². The fourth-order valence-corrected chi connectivity index (χ4v) is 4.73. The molecule has 1 aromatic carbocycles. The molecule has 0 spiro atoms. The van der Waals surface area contributed by atoms with Gasteiger partial charge >= 0.3 is 6.03 Å². The molecule has 3 aliphatic rings. The second-order valence-corrected chi connectivity index (χ2v) is 8.04. The molecule has 0 saturated heterocycles. The minimum atomic E-state index is -0.0747. The Kier molecular flexibility index (Phi) is 3.52. The number of rotatable bonds is 2. The van der Waals surface area contributed by atoms with Gasteiger partial charge in [-0.25, -0.2) is 4.79 Å². The van der Waals surface area contributed by atoms with E-state index in [-0.39, 0.29) is 6.03 Å². The lowest BCUT2D eigenvalue weighted by Crippen LogP contribution is -2.39. The summed E-state index contributed by atoms with van der Waals surface area (Å²) < 4.78 is 0. The molecular formula is C19H21ClN4O. The van der Waals surface area contributed by atoms with E-state index in [1.165, 1.54) is 36.2 Å². The lowest BCUT2D eigenvalue weighted by atomic mass is 9.93. The van der Waals surface area contributed by atoms with Gasteiger partial charge in [0.15, 0.2) is 0 Å². The number of H-pyrrole nitrogens is 1. The van der Waals surface area contributed by atoms with Crippen LogP contribution in [0.15, 0.2) is 24.3 Å². The molecule has 2 aliphatic carbocycles. The first-order valence-corrected chi connectivity index (χ1v) is 9.42. The molecule has 2 N–H and O–H groups in total. The summed E-state index contributed by atoms with van der Waals surface area (Å²) >= 11 is 6.00. The monoisotopic (exact) mass is 356 g/mol. The van der Waals surface area contributed by atoms with Crippen molar-refractivity contribution >= 4 is 23.3 Å². The fraction of sp³-hybridized carbons (Fsp3) is 0.474. The number of urea groups is 1. The van der Waals surface area contributed by atoms with Crippen LogP contribution in [0.3, 0.4) is 0 Å². The van der Waals surface area contributed by atoms with Gasteiger partial charge in [0, 0.05) is 40.9 Å². The number of aromatic nitrogens is 2. The van der Waals surface area contributed by atoms with Gasteiger partial charge in [-0.2, -0.15) is 5.10 Å². The van der Waals surface area contributed by atoms with E-state index in [9.17, 15) is 4.79 Å². The molecule has 6 heteroatoms. The molecule has 1 aromatic heterocycles. The molecule has 0 radical (unpaired) electrons. The van der Waals surface area contributed by atoms with Crippen LogP contribution in [0, 0.1) is 11.8 Å². The second-order valence-electron chi connectivity index (χ2n) is 7.60. The predicted octanol–water partition coefficient (Wildman–Crippen LogP) is 4.17. The molecule has 2 amide bonds. The number of amides is 2. The van der Waals surface area contributed by atoms with Gasteiger partial charge < -0.3 is 10.2 Å². The first-order chi connectivity index (χ1) is 12.2. The number of aromatic amines is 1. The van der Waals surface area contributed by atoms with Crippen molar-refractivity contribution in [2.24, 2.45) is 11.8 Å². The van der Waals surface area contributed by atoms with E-state index in [2.05, 4.69) is 15.5 Å². The first-order valence-electron chi connectivity index (χ1n) is 9.05. The van der Waals surface area contributed by atoms with Crippen LogP contribution in [0.5, 0.6) is 0 Å². The van der Waals surface area contributed by atoms with Gasteiger partial charge in [-0.15, -0.1) is 0 Å². The van der Waals surface area contributed by atoms with Gasteiger partial charge in [-0.1, -0.05) is 17.7 Å². The smallest absolute Gasteiger partial charge is 0.320 e. The van der Waals surface area contributed by atoms with Gasteiger partial charge in [-0.3, -0.25) is 5.10 Å². The van der Waals surface area contributed by atoms with Crippen LogP contribution < -0.4 is 5.32 Å². The Morgan fingerprint density at radius 3 is 2.92 bits per heavy atom. The van der Waals surface area contributed by atoms with E-state index in [1.54, 1.807) is 12.1 Å². The summed E-state index contributed by atoms with van der Waals surface area (Å²) in [5, 5.41) is 11.4. The Hall–Kier alpha value is -2.01. The summed E-state index contributed by atoms with van der Waals surface area (Å²) in [7, 11) is 0.